The van der Waals surface area contributed by atoms with Gasteiger partial charge in [-0.15, -0.1) is 0 Å². The van der Waals surface area contributed by atoms with E-state index in [9.17, 15) is 4.79 Å². The Morgan fingerprint density at radius 2 is 1.91 bits per heavy atom. The van der Waals surface area contributed by atoms with Crippen molar-refractivity contribution < 1.29 is 9.47 Å². The van der Waals surface area contributed by atoms with Crippen LogP contribution in [0.1, 0.15) is 46.0 Å². The van der Waals surface area contributed by atoms with Gasteiger partial charge in [0, 0.05) is 42.7 Å². The molecule has 1 N–H and O–H groups in total. The summed E-state index contributed by atoms with van der Waals surface area (Å²) >= 11 is 0. The van der Waals surface area contributed by atoms with Crippen LogP contribution in [0.5, 0.6) is 5.88 Å². The third-order valence-corrected chi connectivity index (χ3v) is 6.09. The Kier molecular flexibility index (Phi) is 7.54. The molecule has 1 saturated carbocycles. The van der Waals surface area contributed by atoms with Gasteiger partial charge in [-0.2, -0.15) is 0 Å². The third kappa shape index (κ3) is 5.68. The van der Waals surface area contributed by atoms with Crippen molar-refractivity contribution >= 4 is 17.0 Å². The maximum absolute atomic E-state index is 13.5. The van der Waals surface area contributed by atoms with Crippen molar-refractivity contribution in [2.24, 2.45) is 5.92 Å². The minimum atomic E-state index is -0.107. The van der Waals surface area contributed by atoms with Crippen LogP contribution in [0.25, 0.3) is 22.3 Å². The van der Waals surface area contributed by atoms with Crippen LogP contribution in [0.3, 0.4) is 0 Å². The van der Waals surface area contributed by atoms with Crippen molar-refractivity contribution in [2.75, 3.05) is 25.6 Å². The molecule has 0 bridgehead atoms. The monoisotopic (exact) mass is 451 g/mol. The highest BCUT2D eigenvalue weighted by atomic mass is 16.5. The molecule has 4 rings (SSSR count). The Morgan fingerprint density at radius 1 is 1.12 bits per heavy atom. The molecule has 0 radical (unpaired) electrons. The maximum Gasteiger partial charge on any atom is 0.293 e. The zero-order valence-electron chi connectivity index (χ0n) is 19.7. The van der Waals surface area contributed by atoms with Crippen molar-refractivity contribution in [2.45, 2.75) is 58.6 Å². The van der Waals surface area contributed by atoms with E-state index in [-0.39, 0.29) is 11.7 Å². The second kappa shape index (κ2) is 10.7. The van der Waals surface area contributed by atoms with Gasteiger partial charge in [-0.25, -0.2) is 15.0 Å². The summed E-state index contributed by atoms with van der Waals surface area (Å²) in [5.74, 6) is 1.38. The molecule has 0 amide bonds. The lowest BCUT2D eigenvalue weighted by molar-refractivity contribution is 0.0870. The minimum Gasteiger partial charge on any atom is -0.481 e. The minimum absolute atomic E-state index is 0.107. The molecule has 0 aliphatic heterocycles. The first-order chi connectivity index (χ1) is 16.0. The second-order valence-corrected chi connectivity index (χ2v) is 8.88. The van der Waals surface area contributed by atoms with Crippen LogP contribution in [0.2, 0.25) is 0 Å². The van der Waals surface area contributed by atoms with E-state index in [1.807, 2.05) is 36.6 Å². The first-order valence-corrected chi connectivity index (χ1v) is 11.8. The van der Waals surface area contributed by atoms with E-state index in [2.05, 4.69) is 20.3 Å². The molecule has 176 valence electrons. The molecule has 1 fully saturated rings. The van der Waals surface area contributed by atoms with Gasteiger partial charge < -0.3 is 19.4 Å². The molecule has 3 heterocycles. The molecule has 8 nitrogen and oxygen atoms in total. The summed E-state index contributed by atoms with van der Waals surface area (Å²) in [6, 6.07) is 5.75. The maximum atomic E-state index is 13.5. The topological polar surface area (TPSA) is 91.2 Å². The van der Waals surface area contributed by atoms with Crippen LogP contribution in [0, 0.1) is 5.92 Å². The lowest BCUT2D eigenvalue weighted by Gasteiger charge is -2.23. The molecular weight excluding hydrogens is 418 g/mol. The fourth-order valence-corrected chi connectivity index (χ4v) is 4.34. The molecule has 1 aliphatic carbocycles. The summed E-state index contributed by atoms with van der Waals surface area (Å²) in [7, 11) is 1.59. The van der Waals surface area contributed by atoms with Crippen molar-refractivity contribution in [1.82, 2.24) is 19.5 Å². The van der Waals surface area contributed by atoms with Gasteiger partial charge >= 0.3 is 0 Å². The first-order valence-electron chi connectivity index (χ1n) is 11.8. The lowest BCUT2D eigenvalue weighted by Crippen LogP contribution is -2.30. The van der Waals surface area contributed by atoms with Crippen molar-refractivity contribution in [3.63, 3.8) is 0 Å². The molecule has 8 heteroatoms. The number of aromatic nitrogens is 4. The molecule has 3 aromatic heterocycles. The first kappa shape index (κ1) is 23.2. The van der Waals surface area contributed by atoms with Gasteiger partial charge in [-0.3, -0.25) is 4.79 Å². The van der Waals surface area contributed by atoms with Gasteiger partial charge in [0.15, 0.2) is 11.5 Å². The molecule has 0 atom stereocenters. The van der Waals surface area contributed by atoms with E-state index in [0.717, 1.165) is 29.5 Å². The van der Waals surface area contributed by atoms with Crippen LogP contribution in [-0.4, -0.2) is 45.9 Å². The Bertz CT molecular complexity index is 1120. The zero-order valence-corrected chi connectivity index (χ0v) is 19.7. The van der Waals surface area contributed by atoms with Gasteiger partial charge in [-0.05, 0) is 44.7 Å². The Labute approximate surface area is 194 Å². The highest BCUT2D eigenvalue weighted by molar-refractivity contribution is 5.78. The van der Waals surface area contributed by atoms with E-state index < -0.39 is 0 Å². The van der Waals surface area contributed by atoms with Gasteiger partial charge in [0.1, 0.15) is 0 Å². The third-order valence-electron chi connectivity index (χ3n) is 6.09. The standard InChI is InChI=1S/C25H33N5O3/c1-17(2)33-12-11-26-24-25(31)30(16-18-7-5-4-6-8-18)21-13-20(15-28-23(21)29-24)19-9-10-22(32-3)27-14-19/h9-10,13-15,17-18H,4-8,11-12,16H2,1-3H3,(H,26,28,29). The number of hydrogen-bond acceptors (Lipinski definition) is 7. The summed E-state index contributed by atoms with van der Waals surface area (Å²) in [5.41, 5.74) is 3.01. The summed E-state index contributed by atoms with van der Waals surface area (Å²) in [6.07, 6.45) is 9.70. The fourth-order valence-electron chi connectivity index (χ4n) is 4.34. The molecule has 0 spiro atoms. The fraction of sp³-hybridized carbons (Fsp3) is 0.520. The number of nitrogens with zero attached hydrogens (tertiary/aromatic N) is 4. The van der Waals surface area contributed by atoms with Crippen LogP contribution in [0.15, 0.2) is 35.4 Å². The second-order valence-electron chi connectivity index (χ2n) is 8.88. The van der Waals surface area contributed by atoms with Gasteiger partial charge in [0.25, 0.3) is 5.56 Å². The van der Waals surface area contributed by atoms with Crippen LogP contribution < -0.4 is 15.6 Å². The zero-order chi connectivity index (χ0) is 23.2. The summed E-state index contributed by atoms with van der Waals surface area (Å²) in [5, 5.41) is 3.16. The van der Waals surface area contributed by atoms with Gasteiger partial charge in [0.05, 0.1) is 25.3 Å². The Balaban J connectivity index is 1.70. The molecule has 33 heavy (non-hydrogen) atoms. The molecule has 3 aromatic rings. The van der Waals surface area contributed by atoms with Gasteiger partial charge in [-0.1, -0.05) is 19.3 Å². The quantitative estimate of drug-likeness (QED) is 0.486. The Morgan fingerprint density at radius 3 is 2.61 bits per heavy atom. The van der Waals surface area contributed by atoms with Crippen LogP contribution >= 0.6 is 0 Å². The molecule has 0 unspecified atom stereocenters. The van der Waals surface area contributed by atoms with Crippen LogP contribution in [0.4, 0.5) is 5.82 Å². The number of pyridine rings is 2. The van der Waals surface area contributed by atoms with Gasteiger partial charge in [0.2, 0.25) is 5.88 Å². The number of rotatable bonds is 9. The average Bonchev–Trinajstić information content (AvgIpc) is 2.84. The summed E-state index contributed by atoms with van der Waals surface area (Å²) in [6.45, 7) is 5.69. The Hall–Kier alpha value is -3.00. The molecule has 1 aliphatic rings. The molecule has 0 aromatic carbocycles. The average molecular weight is 452 g/mol. The number of fused-ring (bicyclic) bond motifs is 1. The van der Waals surface area contributed by atoms with Crippen molar-refractivity contribution in [3.05, 3.63) is 40.9 Å². The number of ether oxygens (including phenoxy) is 2. The summed E-state index contributed by atoms with van der Waals surface area (Å²) < 4.78 is 12.6. The van der Waals surface area contributed by atoms with E-state index >= 15 is 0 Å². The van der Waals surface area contributed by atoms with Crippen molar-refractivity contribution in [3.8, 4) is 17.0 Å². The normalized spacial score (nSPS) is 14.7. The van der Waals surface area contributed by atoms with E-state index in [1.54, 1.807) is 19.5 Å². The summed E-state index contributed by atoms with van der Waals surface area (Å²) in [4.78, 5) is 26.9. The van der Waals surface area contributed by atoms with E-state index in [1.165, 1.54) is 19.3 Å². The molecule has 0 saturated heterocycles. The SMILES string of the molecule is COc1ccc(-c2cnc3nc(NCCOC(C)C)c(=O)n(CC4CCCCC4)c3c2)cn1. The van der Waals surface area contributed by atoms with E-state index in [0.29, 0.717) is 43.0 Å². The predicted octanol–water partition coefficient (Wildman–Crippen LogP) is 4.28. The number of nitrogens with one attached hydrogen (secondary N) is 1. The van der Waals surface area contributed by atoms with Crippen LogP contribution in [-0.2, 0) is 11.3 Å². The largest absolute Gasteiger partial charge is 0.481 e. The highest BCUT2D eigenvalue weighted by Gasteiger charge is 2.19. The highest BCUT2D eigenvalue weighted by Crippen LogP contribution is 2.27. The lowest BCUT2D eigenvalue weighted by atomic mass is 9.89. The van der Waals surface area contributed by atoms with Crippen molar-refractivity contribution in [1.29, 1.82) is 0 Å². The number of hydrogen-bond donors (Lipinski definition) is 1. The number of methoxy groups -OCH3 is 1. The van der Waals surface area contributed by atoms with E-state index in [4.69, 9.17) is 9.47 Å². The predicted molar refractivity (Wildman–Crippen MR) is 130 cm³/mol. The number of anilines is 1. The smallest absolute Gasteiger partial charge is 0.293 e. The molecular formula is C25H33N5O3.